The predicted molar refractivity (Wildman–Crippen MR) is 79.4 cm³/mol. The van der Waals surface area contributed by atoms with E-state index in [1.165, 1.54) is 11.1 Å². The van der Waals surface area contributed by atoms with Gasteiger partial charge in [-0.3, -0.25) is 0 Å². The van der Waals surface area contributed by atoms with Crippen LogP contribution in [0.1, 0.15) is 17.5 Å². The number of halogens is 1. The van der Waals surface area contributed by atoms with Crippen LogP contribution in [0.4, 0.5) is 5.82 Å². The fraction of sp³-hybridized carbons (Fsp3) is 0.200. The van der Waals surface area contributed by atoms with Crippen LogP contribution >= 0.6 is 15.9 Å². The van der Waals surface area contributed by atoms with Gasteiger partial charge < -0.3 is 4.74 Å². The molecular weight excluding hydrogens is 304 g/mol. The Kier molecular flexibility index (Phi) is 3.34. The molecule has 96 valence electrons. The number of hydrogen-bond donors (Lipinski definition) is 0. The number of fused-ring (bicyclic) bond motifs is 1. The number of nitrogens with zero attached hydrogens (tertiary/aromatic N) is 2. The van der Waals surface area contributed by atoms with Crippen LogP contribution in [-0.4, -0.2) is 17.8 Å². The summed E-state index contributed by atoms with van der Waals surface area (Å²) in [6.45, 7) is 0. The average Bonchev–Trinajstić information content (AvgIpc) is 2.83. The molecule has 0 bridgehead atoms. The highest BCUT2D eigenvalue weighted by Crippen LogP contribution is 2.28. The molecule has 0 spiro atoms. The minimum atomic E-state index is 0.752. The molecule has 0 saturated carbocycles. The number of methoxy groups -OCH3 is 1. The minimum absolute atomic E-state index is 0.752. The van der Waals surface area contributed by atoms with Crippen molar-refractivity contribution in [3.63, 3.8) is 0 Å². The van der Waals surface area contributed by atoms with Crippen LogP contribution < -0.4 is 4.74 Å². The number of ether oxygens (including phenoxy) is 1. The van der Waals surface area contributed by atoms with Crippen LogP contribution in [0.15, 0.2) is 46.0 Å². The molecule has 0 amide bonds. The summed E-state index contributed by atoms with van der Waals surface area (Å²) in [6.07, 6.45) is 3.74. The van der Waals surface area contributed by atoms with Crippen molar-refractivity contribution in [2.24, 2.45) is 4.99 Å². The molecule has 0 unspecified atom stereocenters. The maximum atomic E-state index is 5.25. The van der Waals surface area contributed by atoms with Crippen molar-refractivity contribution >= 4 is 27.5 Å². The van der Waals surface area contributed by atoms with Gasteiger partial charge in [-0.1, -0.05) is 0 Å². The van der Waals surface area contributed by atoms with Gasteiger partial charge in [0.25, 0.3) is 0 Å². The van der Waals surface area contributed by atoms with E-state index in [0.29, 0.717) is 0 Å². The summed E-state index contributed by atoms with van der Waals surface area (Å²) in [6, 6.07) is 10.0. The lowest BCUT2D eigenvalue weighted by Crippen LogP contribution is -1.94. The highest BCUT2D eigenvalue weighted by atomic mass is 79.9. The molecule has 1 heterocycles. The van der Waals surface area contributed by atoms with Crippen molar-refractivity contribution in [3.05, 3.63) is 52.1 Å². The lowest BCUT2D eigenvalue weighted by molar-refractivity contribution is 0.414. The van der Waals surface area contributed by atoms with E-state index in [4.69, 9.17) is 4.74 Å². The summed E-state index contributed by atoms with van der Waals surface area (Å²) in [5.41, 5.74) is 3.62. The van der Waals surface area contributed by atoms with Crippen molar-refractivity contribution in [2.45, 2.75) is 12.8 Å². The van der Waals surface area contributed by atoms with E-state index < -0.39 is 0 Å². The standard InChI is InChI=1S/C15H13BrN2O/c1-19-12-4-5-13-10(8-12)2-6-14(13)18-15-7-3-11(16)9-17-15/h3-5,7-9H,2,6H2,1H3. The van der Waals surface area contributed by atoms with E-state index in [0.717, 1.165) is 34.6 Å². The second-order valence-corrected chi connectivity index (χ2v) is 5.33. The number of hydrogen-bond acceptors (Lipinski definition) is 3. The van der Waals surface area contributed by atoms with Gasteiger partial charge in [0.15, 0.2) is 5.82 Å². The Hall–Kier alpha value is -1.68. The van der Waals surface area contributed by atoms with Crippen molar-refractivity contribution in [1.82, 2.24) is 4.98 Å². The molecule has 0 N–H and O–H groups in total. The Morgan fingerprint density at radius 3 is 2.84 bits per heavy atom. The Morgan fingerprint density at radius 2 is 2.11 bits per heavy atom. The van der Waals surface area contributed by atoms with E-state index in [2.05, 4.69) is 38.0 Å². The summed E-state index contributed by atoms with van der Waals surface area (Å²) in [7, 11) is 1.69. The van der Waals surface area contributed by atoms with Gasteiger partial charge in [-0.15, -0.1) is 0 Å². The Bertz CT molecular complexity index is 635. The first-order valence-corrected chi connectivity index (χ1v) is 6.92. The number of aryl methyl sites for hydroxylation is 1. The quantitative estimate of drug-likeness (QED) is 0.841. The zero-order valence-corrected chi connectivity index (χ0v) is 12.1. The summed E-state index contributed by atoms with van der Waals surface area (Å²) in [4.78, 5) is 8.93. The van der Waals surface area contributed by atoms with Crippen molar-refractivity contribution in [2.75, 3.05) is 7.11 Å². The van der Waals surface area contributed by atoms with Crippen molar-refractivity contribution in [3.8, 4) is 5.75 Å². The van der Waals surface area contributed by atoms with Crippen molar-refractivity contribution < 1.29 is 4.74 Å². The third kappa shape index (κ3) is 2.54. The fourth-order valence-corrected chi connectivity index (χ4v) is 2.50. The lowest BCUT2D eigenvalue weighted by Gasteiger charge is -2.03. The maximum absolute atomic E-state index is 5.25. The highest BCUT2D eigenvalue weighted by Gasteiger charge is 2.18. The molecule has 0 radical (unpaired) electrons. The van der Waals surface area contributed by atoms with Crippen LogP contribution in [-0.2, 0) is 6.42 Å². The fourth-order valence-electron chi connectivity index (χ4n) is 2.26. The van der Waals surface area contributed by atoms with E-state index in [-0.39, 0.29) is 0 Å². The monoisotopic (exact) mass is 316 g/mol. The zero-order valence-electron chi connectivity index (χ0n) is 10.6. The molecule has 0 saturated heterocycles. The first-order valence-electron chi connectivity index (χ1n) is 6.12. The average molecular weight is 317 g/mol. The first kappa shape index (κ1) is 12.4. The van der Waals surface area contributed by atoms with Gasteiger partial charge in [0.1, 0.15) is 5.75 Å². The number of benzene rings is 1. The second-order valence-electron chi connectivity index (χ2n) is 4.42. The summed E-state index contributed by atoms with van der Waals surface area (Å²) in [5.74, 6) is 1.66. The lowest BCUT2D eigenvalue weighted by atomic mass is 10.1. The van der Waals surface area contributed by atoms with Gasteiger partial charge >= 0.3 is 0 Å². The minimum Gasteiger partial charge on any atom is -0.497 e. The third-order valence-electron chi connectivity index (χ3n) is 3.22. The van der Waals surface area contributed by atoms with Gasteiger partial charge in [0.2, 0.25) is 0 Å². The van der Waals surface area contributed by atoms with Gasteiger partial charge in [-0.05, 0) is 70.2 Å². The van der Waals surface area contributed by atoms with Crippen LogP contribution in [0.25, 0.3) is 0 Å². The molecule has 1 aliphatic carbocycles. The number of pyridine rings is 1. The molecular formula is C15H13BrN2O. The van der Waals surface area contributed by atoms with E-state index in [1.54, 1.807) is 13.3 Å². The first-order chi connectivity index (χ1) is 9.26. The predicted octanol–water partition coefficient (Wildman–Crippen LogP) is 3.92. The van der Waals surface area contributed by atoms with E-state index >= 15 is 0 Å². The molecule has 1 aromatic heterocycles. The summed E-state index contributed by atoms with van der Waals surface area (Å²) < 4.78 is 6.21. The van der Waals surface area contributed by atoms with Gasteiger partial charge in [-0.2, -0.15) is 0 Å². The van der Waals surface area contributed by atoms with Gasteiger partial charge in [-0.25, -0.2) is 9.98 Å². The molecule has 3 nitrogen and oxygen atoms in total. The molecule has 1 aromatic carbocycles. The topological polar surface area (TPSA) is 34.5 Å². The molecule has 3 rings (SSSR count). The molecule has 0 atom stereocenters. The van der Waals surface area contributed by atoms with Crippen molar-refractivity contribution in [1.29, 1.82) is 0 Å². The molecule has 0 aliphatic heterocycles. The summed E-state index contributed by atoms with van der Waals surface area (Å²) >= 11 is 3.37. The van der Waals surface area contributed by atoms with Crippen LogP contribution in [0.5, 0.6) is 5.75 Å². The normalized spacial score (nSPS) is 15.6. The van der Waals surface area contributed by atoms with Gasteiger partial charge in [0, 0.05) is 10.7 Å². The Morgan fingerprint density at radius 1 is 1.21 bits per heavy atom. The molecule has 4 heteroatoms. The number of aromatic nitrogens is 1. The van der Waals surface area contributed by atoms with E-state index in [9.17, 15) is 0 Å². The smallest absolute Gasteiger partial charge is 0.152 e. The molecule has 0 fully saturated rings. The number of rotatable bonds is 2. The molecule has 1 aliphatic rings. The Balaban J connectivity index is 1.95. The Labute approximate surface area is 120 Å². The van der Waals surface area contributed by atoms with Crippen LogP contribution in [0.2, 0.25) is 0 Å². The highest BCUT2D eigenvalue weighted by molar-refractivity contribution is 9.10. The van der Waals surface area contributed by atoms with Crippen LogP contribution in [0, 0.1) is 0 Å². The largest absolute Gasteiger partial charge is 0.497 e. The van der Waals surface area contributed by atoms with Gasteiger partial charge in [0.05, 0.1) is 12.8 Å². The zero-order chi connectivity index (χ0) is 13.2. The van der Waals surface area contributed by atoms with E-state index in [1.807, 2.05) is 18.2 Å². The second kappa shape index (κ2) is 5.13. The third-order valence-corrected chi connectivity index (χ3v) is 3.68. The summed E-state index contributed by atoms with van der Waals surface area (Å²) in [5, 5.41) is 0. The number of aliphatic imine (C=N–C) groups is 1. The molecule has 19 heavy (non-hydrogen) atoms. The molecule has 2 aromatic rings. The maximum Gasteiger partial charge on any atom is 0.152 e. The van der Waals surface area contributed by atoms with Crippen LogP contribution in [0.3, 0.4) is 0 Å². The SMILES string of the molecule is COc1ccc2c(c1)CCC2=Nc1ccc(Br)cn1.